The summed E-state index contributed by atoms with van der Waals surface area (Å²) in [5.41, 5.74) is 22.0. The second-order valence-corrected chi connectivity index (χ2v) is 26.5. The second-order valence-electron chi connectivity index (χ2n) is 24.6. The van der Waals surface area contributed by atoms with Gasteiger partial charge >= 0.3 is 12.1 Å². The van der Waals surface area contributed by atoms with Crippen LogP contribution < -0.4 is 65.5 Å². The molecule has 560 valence electrons. The molecule has 0 heterocycles. The number of nitrogens with zero attached hydrogens (tertiary/aromatic N) is 1. The van der Waals surface area contributed by atoms with E-state index >= 15 is 0 Å². The number of rotatable bonds is 51. The van der Waals surface area contributed by atoms with Gasteiger partial charge in [-0.15, -0.1) is 0 Å². The van der Waals surface area contributed by atoms with Crippen LogP contribution >= 0.6 is 0 Å². The molecular weight excluding hydrogens is 1320 g/mol. The lowest BCUT2D eigenvalue weighted by atomic mass is 9.97. The number of carboxylic acid groups (broad SMARTS) is 1. The molecule has 0 aliphatic rings. The predicted molar refractivity (Wildman–Crippen MR) is 355 cm³/mol. The molecule has 0 aromatic heterocycles. The Morgan fingerprint density at radius 1 is 0.551 bits per heavy atom. The first-order valence-electron chi connectivity index (χ1n) is 33.2. The minimum absolute atomic E-state index is 0.101. The maximum atomic E-state index is 14.6. The third-order valence-electron chi connectivity index (χ3n) is 15.5. The van der Waals surface area contributed by atoms with Crippen molar-refractivity contribution in [2.45, 2.75) is 237 Å². The summed E-state index contributed by atoms with van der Waals surface area (Å²) >= 11 is 0. The van der Waals surface area contributed by atoms with Crippen LogP contribution in [0.2, 0.25) is 0 Å². The molecule has 0 saturated carbocycles. The van der Waals surface area contributed by atoms with Gasteiger partial charge in [-0.05, 0) is 37.2 Å². The lowest BCUT2D eigenvalue weighted by Crippen LogP contribution is -2.60. The van der Waals surface area contributed by atoms with Crippen molar-refractivity contribution in [3.05, 3.63) is 35.9 Å². The maximum absolute atomic E-state index is 14.6. The summed E-state index contributed by atoms with van der Waals surface area (Å²) in [6, 6.07) is -5.41. The number of unbranched alkanes of at least 4 members (excludes halogenated alkanes) is 15. The van der Waals surface area contributed by atoms with Gasteiger partial charge in [-0.1, -0.05) is 168 Å². The number of aliphatic hydroxyl groups is 3. The molecule has 11 amide bonds. The molecule has 0 radical (unpaired) electrons. The van der Waals surface area contributed by atoms with Gasteiger partial charge in [0.05, 0.1) is 45.0 Å². The number of nitrogens with one attached hydrogen (secondary N) is 8. The van der Waals surface area contributed by atoms with E-state index in [1.807, 2.05) is 0 Å². The first kappa shape index (κ1) is 90.4. The van der Waals surface area contributed by atoms with Gasteiger partial charge in [-0.2, -0.15) is 17.5 Å². The molecule has 0 aliphatic carbocycles. The number of hydrogen-bond acceptors (Lipinski definition) is 18. The Morgan fingerprint density at radius 3 is 1.43 bits per heavy atom. The number of amides is 11. The molecule has 10 atom stereocenters. The molecule has 0 aliphatic heterocycles. The van der Waals surface area contributed by atoms with Gasteiger partial charge in [0.25, 0.3) is 0 Å². The van der Waals surface area contributed by atoms with Crippen LogP contribution in [0.5, 0.6) is 0 Å². The number of sulfonamides is 1. The van der Waals surface area contributed by atoms with Crippen molar-refractivity contribution in [3.63, 3.8) is 0 Å². The van der Waals surface area contributed by atoms with Crippen LogP contribution in [0.3, 0.4) is 0 Å². The number of nitrogens with two attached hydrogens (primary N) is 4. The number of carboxylic acids is 1. The van der Waals surface area contributed by atoms with Crippen LogP contribution in [-0.2, 0) is 74.0 Å². The Hall–Kier alpha value is -7.60. The van der Waals surface area contributed by atoms with Gasteiger partial charge in [0.1, 0.15) is 48.3 Å². The Kier molecular flexibility index (Phi) is 45.2. The molecule has 1 aromatic carbocycles. The summed E-state index contributed by atoms with van der Waals surface area (Å²) in [6.07, 6.45) is 10.7. The Balaban J connectivity index is 0.0000127. The van der Waals surface area contributed by atoms with Crippen LogP contribution in [0.1, 0.15) is 176 Å². The lowest BCUT2D eigenvalue weighted by Gasteiger charge is -2.32. The Bertz CT molecular complexity index is 2780. The fourth-order valence-electron chi connectivity index (χ4n) is 9.88. The topological polar surface area (TPSA) is 523 Å². The van der Waals surface area contributed by atoms with Gasteiger partial charge in [-0.25, -0.2) is 13.2 Å². The van der Waals surface area contributed by atoms with Crippen molar-refractivity contribution in [1.82, 2.24) is 46.8 Å². The highest BCUT2D eigenvalue weighted by Crippen LogP contribution is 2.20. The standard InChI is InChI=1S/C61H107N13O16S.C2HF3O2/c1-7-9-10-11-12-13-14-15-16-17-18-19-20-21-22-26-29-74(49(37-77)60(87)72-48(36-76)54(65)81)91(89,90)38-43(30-39(3)4)68-61(88)53(40(5)8-2)73-55(82)41(6)67-52(80)34-66-57(84)45(31-42-27-24-23-25-28-42)70-59(86)47(33-51(64)79)71-58(85)46(32-50(63)78)69-56(83)44(62)35-75;3-2(4,5)1(6)7/h23-25,27-28,39-41,43-49,53,75-77H,7-22,26,29-38,62H2,1-6H3,(H2,63,78)(H2,64,79)(H2,65,81)(H,66,84)(H,67,80)(H,68,88)(H,69,83)(H,70,86)(H,71,85)(H,72,87)(H,73,82);(H,6,7)/t40-,41-,43-,44-,45-,46-,47-,48-,49-,53-;/m0./s1. The van der Waals surface area contributed by atoms with Crippen LogP contribution in [0.25, 0.3) is 0 Å². The number of hydrogen-bond donors (Lipinski definition) is 16. The Morgan fingerprint density at radius 2 is 1.01 bits per heavy atom. The Labute approximate surface area is 571 Å². The van der Waals surface area contributed by atoms with Gasteiger partial charge < -0.3 is 85.9 Å². The normalized spacial score (nSPS) is 14.6. The first-order chi connectivity index (χ1) is 46.0. The highest BCUT2D eigenvalue weighted by Gasteiger charge is 2.40. The van der Waals surface area contributed by atoms with Crippen LogP contribution in [0, 0.1) is 11.8 Å². The zero-order valence-corrected chi connectivity index (χ0v) is 57.9. The largest absolute Gasteiger partial charge is 0.490 e. The number of aliphatic hydroxyl groups excluding tert-OH is 3. The SMILES string of the molecule is CCCCCCCCCCCCCCCCCCN([C@@H](CO)C(=O)N[C@@H](CO)C(N)=O)S(=O)(=O)C[C@H](CC(C)C)NC(=O)[C@@H](NC(=O)[C@H](C)NC(=O)CNC(=O)[C@H](Cc1ccccc1)NC(=O)[C@H](CC(N)=O)NC(=O)[C@H](CC(N)=O)NC(=O)[C@@H](N)CO)[C@@H](C)CC.O=C(O)C(F)(F)F. The van der Waals surface area contributed by atoms with E-state index in [0.29, 0.717) is 24.8 Å². The van der Waals surface area contributed by atoms with Gasteiger partial charge in [0.2, 0.25) is 75.0 Å². The van der Waals surface area contributed by atoms with Crippen LogP contribution in [0.15, 0.2) is 30.3 Å². The average Bonchev–Trinajstić information content (AvgIpc) is 0.816. The summed E-state index contributed by atoms with van der Waals surface area (Å²) in [6.45, 7) is 6.82. The minimum atomic E-state index is -5.08. The highest BCUT2D eigenvalue weighted by molar-refractivity contribution is 7.89. The summed E-state index contributed by atoms with van der Waals surface area (Å²) in [5.74, 6) is -15.4. The number of primary amides is 3. The van der Waals surface area contributed by atoms with E-state index in [0.717, 1.165) is 36.4 Å². The zero-order valence-electron chi connectivity index (χ0n) is 57.1. The smallest absolute Gasteiger partial charge is 0.475 e. The van der Waals surface area contributed by atoms with E-state index in [1.54, 1.807) is 58.0 Å². The summed E-state index contributed by atoms with van der Waals surface area (Å²) in [7, 11) is -4.55. The van der Waals surface area contributed by atoms with E-state index in [-0.39, 0.29) is 25.3 Å². The van der Waals surface area contributed by atoms with Crippen LogP contribution in [0.4, 0.5) is 13.2 Å². The average molecular weight is 1420 g/mol. The van der Waals surface area contributed by atoms with Gasteiger partial charge in [0.15, 0.2) is 0 Å². The number of alkyl halides is 3. The number of benzene rings is 1. The lowest BCUT2D eigenvalue weighted by molar-refractivity contribution is -0.192. The second kappa shape index (κ2) is 49.0. The molecule has 0 spiro atoms. The number of carbonyl (C=O) groups excluding carboxylic acids is 11. The van der Waals surface area contributed by atoms with Gasteiger partial charge in [-0.3, -0.25) is 52.7 Å². The molecule has 0 unspecified atom stereocenters. The highest BCUT2D eigenvalue weighted by atomic mass is 32.2. The zero-order chi connectivity index (χ0) is 74.7. The van der Waals surface area contributed by atoms with Crippen molar-refractivity contribution < 1.29 is 99.5 Å². The van der Waals surface area contributed by atoms with Crippen LogP contribution in [-0.4, -0.2) is 203 Å². The van der Waals surface area contributed by atoms with Crippen molar-refractivity contribution in [1.29, 1.82) is 0 Å². The molecule has 0 fully saturated rings. The summed E-state index contributed by atoms with van der Waals surface area (Å²) in [4.78, 5) is 153. The van der Waals surface area contributed by atoms with E-state index in [1.165, 1.54) is 64.7 Å². The van der Waals surface area contributed by atoms with E-state index in [2.05, 4.69) is 49.5 Å². The molecule has 31 nitrogen and oxygen atoms in total. The molecule has 0 bridgehead atoms. The van der Waals surface area contributed by atoms with E-state index in [4.69, 9.17) is 32.8 Å². The third-order valence-corrected chi connectivity index (χ3v) is 17.5. The summed E-state index contributed by atoms with van der Waals surface area (Å²) in [5, 5.41) is 55.9. The number of aliphatic carboxylic acids is 1. The first-order valence-corrected chi connectivity index (χ1v) is 34.8. The molecule has 20 N–H and O–H groups in total. The maximum Gasteiger partial charge on any atom is 0.490 e. The fourth-order valence-corrected chi connectivity index (χ4v) is 11.8. The molecule has 1 rings (SSSR count). The fraction of sp³-hybridized carbons (Fsp3) is 0.714. The van der Waals surface area contributed by atoms with Gasteiger partial charge in [0, 0.05) is 19.0 Å². The van der Waals surface area contributed by atoms with E-state index < -0.39 is 192 Å². The number of carbonyl (C=O) groups is 12. The van der Waals surface area contributed by atoms with Crippen molar-refractivity contribution in [2.24, 2.45) is 34.8 Å². The third kappa shape index (κ3) is 38.5. The molecule has 1 aromatic rings. The molecule has 0 saturated heterocycles. The quantitative estimate of drug-likeness (QED) is 0.0358. The molecule has 98 heavy (non-hydrogen) atoms. The van der Waals surface area contributed by atoms with Crippen molar-refractivity contribution in [3.8, 4) is 0 Å². The monoisotopic (exact) mass is 1420 g/mol. The number of halogens is 3. The summed E-state index contributed by atoms with van der Waals surface area (Å²) < 4.78 is 61.8. The molecule has 35 heteroatoms. The molecular formula is C63H108F3N13O18S. The van der Waals surface area contributed by atoms with E-state index in [9.17, 15) is 89.6 Å². The van der Waals surface area contributed by atoms with Crippen molar-refractivity contribution in [2.75, 3.05) is 38.7 Å². The predicted octanol–water partition coefficient (Wildman–Crippen LogP) is -0.714. The minimum Gasteiger partial charge on any atom is -0.475 e. The van der Waals surface area contributed by atoms with Crippen molar-refractivity contribution >= 4 is 81.0 Å².